The monoisotopic (exact) mass is 232 g/mol. The van der Waals surface area contributed by atoms with E-state index in [1.54, 1.807) is 7.11 Å². The molecule has 17 heavy (non-hydrogen) atoms. The van der Waals surface area contributed by atoms with Gasteiger partial charge in [-0.25, -0.2) is 4.79 Å². The molecule has 0 fully saturated rings. The van der Waals surface area contributed by atoms with E-state index in [9.17, 15) is 4.79 Å². The van der Waals surface area contributed by atoms with Crippen LogP contribution in [-0.4, -0.2) is 20.2 Å². The van der Waals surface area contributed by atoms with E-state index in [0.717, 1.165) is 29.7 Å². The molecule has 0 saturated heterocycles. The van der Waals surface area contributed by atoms with Crippen molar-refractivity contribution < 1.29 is 14.3 Å². The summed E-state index contributed by atoms with van der Waals surface area (Å²) in [6.07, 6.45) is 3.87. The van der Waals surface area contributed by atoms with Crippen LogP contribution < -0.4 is 4.74 Å². The molecule has 90 valence electrons. The fourth-order valence-electron chi connectivity index (χ4n) is 2.23. The molecule has 1 atom stereocenters. The van der Waals surface area contributed by atoms with Crippen LogP contribution in [0.15, 0.2) is 35.9 Å². The first-order valence-electron chi connectivity index (χ1n) is 5.68. The topological polar surface area (TPSA) is 35.5 Å². The first-order chi connectivity index (χ1) is 8.26. The average molecular weight is 232 g/mol. The number of methoxy groups -OCH3 is 2. The molecule has 0 amide bonds. The summed E-state index contributed by atoms with van der Waals surface area (Å²) in [6, 6.07) is 7.85. The smallest absolute Gasteiger partial charge is 0.334 e. The predicted molar refractivity (Wildman–Crippen MR) is 65.1 cm³/mol. The molecule has 0 aromatic heterocycles. The van der Waals surface area contributed by atoms with E-state index in [2.05, 4.69) is 0 Å². The lowest BCUT2D eigenvalue weighted by Crippen LogP contribution is -2.10. The van der Waals surface area contributed by atoms with Crippen LogP contribution in [0.5, 0.6) is 5.75 Å². The number of benzene rings is 1. The van der Waals surface area contributed by atoms with Gasteiger partial charge in [-0.05, 0) is 30.5 Å². The standard InChI is InChI=1S/C14H16O3/c1-16-11-8-6-10(7-9-11)12-4-3-5-13(12)14(15)17-2/h5-9,12H,3-4H2,1-2H3. The van der Waals surface area contributed by atoms with Gasteiger partial charge in [-0.3, -0.25) is 0 Å². The quantitative estimate of drug-likeness (QED) is 0.752. The molecule has 0 spiro atoms. The van der Waals surface area contributed by atoms with E-state index < -0.39 is 0 Å². The Morgan fingerprint density at radius 2 is 1.94 bits per heavy atom. The Labute approximate surface area is 101 Å². The summed E-state index contributed by atoms with van der Waals surface area (Å²) >= 11 is 0. The van der Waals surface area contributed by atoms with Crippen molar-refractivity contribution in [3.8, 4) is 5.75 Å². The zero-order valence-electron chi connectivity index (χ0n) is 10.1. The van der Waals surface area contributed by atoms with Crippen molar-refractivity contribution in [2.45, 2.75) is 18.8 Å². The molecule has 2 rings (SSSR count). The van der Waals surface area contributed by atoms with Crippen molar-refractivity contribution in [3.05, 3.63) is 41.5 Å². The second-order valence-corrected chi connectivity index (χ2v) is 4.05. The van der Waals surface area contributed by atoms with E-state index in [1.165, 1.54) is 7.11 Å². The molecule has 3 heteroatoms. The number of esters is 1. The number of hydrogen-bond donors (Lipinski definition) is 0. The number of rotatable bonds is 3. The normalized spacial score (nSPS) is 18.7. The molecule has 0 heterocycles. The molecule has 0 N–H and O–H groups in total. The van der Waals surface area contributed by atoms with Gasteiger partial charge in [0, 0.05) is 11.5 Å². The minimum Gasteiger partial charge on any atom is -0.497 e. The minimum absolute atomic E-state index is 0.161. The van der Waals surface area contributed by atoms with Crippen molar-refractivity contribution in [2.75, 3.05) is 14.2 Å². The van der Waals surface area contributed by atoms with Gasteiger partial charge in [0.05, 0.1) is 14.2 Å². The zero-order chi connectivity index (χ0) is 12.3. The second kappa shape index (κ2) is 5.04. The summed E-state index contributed by atoms with van der Waals surface area (Å²) in [7, 11) is 3.07. The van der Waals surface area contributed by atoms with Crippen LogP contribution >= 0.6 is 0 Å². The van der Waals surface area contributed by atoms with Crippen molar-refractivity contribution in [3.63, 3.8) is 0 Å². The first-order valence-corrected chi connectivity index (χ1v) is 5.68. The first kappa shape index (κ1) is 11.7. The SMILES string of the molecule is COC(=O)C1=CCCC1c1ccc(OC)cc1. The van der Waals surface area contributed by atoms with E-state index in [4.69, 9.17) is 9.47 Å². The Balaban J connectivity index is 2.21. The number of allylic oxidation sites excluding steroid dienone is 1. The minimum atomic E-state index is -0.219. The Kier molecular flexibility index (Phi) is 3.47. The number of carbonyl (C=O) groups excluding carboxylic acids is 1. The summed E-state index contributed by atoms with van der Waals surface area (Å²) in [5.41, 5.74) is 1.91. The highest BCUT2D eigenvalue weighted by molar-refractivity contribution is 5.90. The molecule has 0 aliphatic heterocycles. The van der Waals surface area contributed by atoms with Gasteiger partial charge >= 0.3 is 5.97 Å². The van der Waals surface area contributed by atoms with E-state index in [-0.39, 0.29) is 11.9 Å². The van der Waals surface area contributed by atoms with Gasteiger partial charge in [-0.2, -0.15) is 0 Å². The maximum atomic E-state index is 11.6. The number of ether oxygens (including phenoxy) is 2. The fourth-order valence-corrected chi connectivity index (χ4v) is 2.23. The van der Waals surface area contributed by atoms with Crippen LogP contribution in [0.4, 0.5) is 0 Å². The highest BCUT2D eigenvalue weighted by Crippen LogP contribution is 2.36. The summed E-state index contributed by atoms with van der Waals surface area (Å²) in [6.45, 7) is 0. The average Bonchev–Trinajstić information content (AvgIpc) is 2.87. The molecule has 3 nitrogen and oxygen atoms in total. The van der Waals surface area contributed by atoms with Crippen LogP contribution in [0, 0.1) is 0 Å². The van der Waals surface area contributed by atoms with Crippen LogP contribution in [0.3, 0.4) is 0 Å². The van der Waals surface area contributed by atoms with Crippen molar-refractivity contribution in [1.82, 2.24) is 0 Å². The van der Waals surface area contributed by atoms with Crippen molar-refractivity contribution in [1.29, 1.82) is 0 Å². The Bertz CT molecular complexity index is 431. The summed E-state index contributed by atoms with van der Waals surface area (Å²) < 4.78 is 9.92. The third-order valence-corrected chi connectivity index (χ3v) is 3.13. The van der Waals surface area contributed by atoms with Crippen LogP contribution in [-0.2, 0) is 9.53 Å². The third kappa shape index (κ3) is 2.33. The van der Waals surface area contributed by atoms with Gasteiger partial charge in [0.2, 0.25) is 0 Å². The highest BCUT2D eigenvalue weighted by Gasteiger charge is 2.26. The van der Waals surface area contributed by atoms with Gasteiger partial charge in [-0.1, -0.05) is 18.2 Å². The number of hydrogen-bond acceptors (Lipinski definition) is 3. The lowest BCUT2D eigenvalue weighted by Gasteiger charge is -2.14. The predicted octanol–water partition coefficient (Wildman–Crippen LogP) is 2.67. The molecular formula is C14H16O3. The van der Waals surface area contributed by atoms with Crippen LogP contribution in [0.25, 0.3) is 0 Å². The van der Waals surface area contributed by atoms with Crippen molar-refractivity contribution >= 4 is 5.97 Å². The second-order valence-electron chi connectivity index (χ2n) is 4.05. The van der Waals surface area contributed by atoms with Crippen LogP contribution in [0.1, 0.15) is 24.3 Å². The summed E-state index contributed by atoms with van der Waals surface area (Å²) in [5, 5.41) is 0. The Morgan fingerprint density at radius 3 is 2.53 bits per heavy atom. The lowest BCUT2D eigenvalue weighted by molar-refractivity contribution is -0.136. The van der Waals surface area contributed by atoms with Gasteiger partial charge in [0.15, 0.2) is 0 Å². The fraction of sp³-hybridized carbons (Fsp3) is 0.357. The van der Waals surface area contributed by atoms with E-state index in [0.29, 0.717) is 0 Å². The molecule has 1 aliphatic rings. The van der Waals surface area contributed by atoms with Gasteiger partial charge in [-0.15, -0.1) is 0 Å². The summed E-state index contributed by atoms with van der Waals surface area (Å²) in [5.74, 6) is 0.770. The van der Waals surface area contributed by atoms with Crippen LogP contribution in [0.2, 0.25) is 0 Å². The van der Waals surface area contributed by atoms with Gasteiger partial charge < -0.3 is 9.47 Å². The molecular weight excluding hydrogens is 216 g/mol. The molecule has 1 aromatic carbocycles. The molecule has 0 bridgehead atoms. The molecule has 1 aliphatic carbocycles. The van der Waals surface area contributed by atoms with Gasteiger partial charge in [0.1, 0.15) is 5.75 Å². The Morgan fingerprint density at radius 1 is 1.24 bits per heavy atom. The van der Waals surface area contributed by atoms with E-state index in [1.807, 2.05) is 30.3 Å². The maximum absolute atomic E-state index is 11.6. The van der Waals surface area contributed by atoms with E-state index >= 15 is 0 Å². The molecule has 0 radical (unpaired) electrons. The molecule has 1 aromatic rings. The van der Waals surface area contributed by atoms with Crippen molar-refractivity contribution in [2.24, 2.45) is 0 Å². The lowest BCUT2D eigenvalue weighted by atomic mass is 9.92. The summed E-state index contributed by atoms with van der Waals surface area (Å²) in [4.78, 5) is 11.6. The third-order valence-electron chi connectivity index (χ3n) is 3.13. The Hall–Kier alpha value is -1.77. The number of carbonyl (C=O) groups is 1. The zero-order valence-corrected chi connectivity index (χ0v) is 10.1. The molecule has 1 unspecified atom stereocenters. The van der Waals surface area contributed by atoms with Gasteiger partial charge in [0.25, 0.3) is 0 Å². The molecule has 0 saturated carbocycles. The highest BCUT2D eigenvalue weighted by atomic mass is 16.5. The maximum Gasteiger partial charge on any atom is 0.334 e. The largest absolute Gasteiger partial charge is 0.497 e.